The normalized spacial score (nSPS) is 12.6. The smallest absolute Gasteiger partial charge is 0.203 e. The second-order valence-electron chi connectivity index (χ2n) is 7.27. The molecule has 0 aliphatic carbocycles. The molecule has 3 rings (SSSR count). The molecule has 0 saturated carbocycles. The summed E-state index contributed by atoms with van der Waals surface area (Å²) in [4.78, 5) is 2.35. The Morgan fingerprint density at radius 1 is 0.833 bits per heavy atom. The summed E-state index contributed by atoms with van der Waals surface area (Å²) in [7, 11) is -3.66. The molecular formula is C25H27NO3S. The van der Waals surface area contributed by atoms with Crippen LogP contribution in [0, 0.1) is 0 Å². The van der Waals surface area contributed by atoms with Crippen molar-refractivity contribution in [2.24, 2.45) is 0 Å². The average molecular weight is 422 g/mol. The van der Waals surface area contributed by atoms with Gasteiger partial charge >= 0.3 is 0 Å². The van der Waals surface area contributed by atoms with Gasteiger partial charge in [-0.15, -0.1) is 0 Å². The van der Waals surface area contributed by atoms with Crippen molar-refractivity contribution in [2.75, 3.05) is 13.2 Å². The first kappa shape index (κ1) is 22.0. The highest BCUT2D eigenvalue weighted by Gasteiger charge is 2.25. The number of hydrogen-bond acceptors (Lipinski definition) is 4. The molecule has 4 nitrogen and oxygen atoms in total. The van der Waals surface area contributed by atoms with E-state index in [4.69, 9.17) is 0 Å². The van der Waals surface area contributed by atoms with Crippen LogP contribution in [-0.4, -0.2) is 37.6 Å². The van der Waals surface area contributed by atoms with Gasteiger partial charge < -0.3 is 5.11 Å². The van der Waals surface area contributed by atoms with Gasteiger partial charge in [0.15, 0.2) is 0 Å². The van der Waals surface area contributed by atoms with Crippen molar-refractivity contribution < 1.29 is 13.5 Å². The summed E-state index contributed by atoms with van der Waals surface area (Å²) in [5.74, 6) is 0. The molecule has 1 atom stereocenters. The topological polar surface area (TPSA) is 57.6 Å². The Balaban J connectivity index is 1.85. The SMILES string of the molecule is C=C(CN(Cc1ccccc1)[C@H](CO)Cc1ccccc1)S(=O)(=O)c1ccccc1. The van der Waals surface area contributed by atoms with Crippen LogP contribution in [0.1, 0.15) is 11.1 Å². The fourth-order valence-electron chi connectivity index (χ4n) is 3.41. The number of rotatable bonds is 10. The Hall–Kier alpha value is -2.73. The van der Waals surface area contributed by atoms with E-state index < -0.39 is 9.84 Å². The van der Waals surface area contributed by atoms with Crippen LogP contribution < -0.4 is 0 Å². The summed E-state index contributed by atoms with van der Waals surface area (Å²) in [6, 6.07) is 27.9. The van der Waals surface area contributed by atoms with Gasteiger partial charge in [-0.05, 0) is 29.7 Å². The van der Waals surface area contributed by atoms with Gasteiger partial charge in [-0.3, -0.25) is 4.90 Å². The summed E-state index contributed by atoms with van der Waals surface area (Å²) >= 11 is 0. The standard InChI is InChI=1S/C25H27NO3S/c1-21(30(28,29)25-15-9-4-10-16-25)18-26(19-23-13-7-3-8-14-23)24(20-27)17-22-11-5-2-6-12-22/h2-16,24,27H,1,17-20H2/t24-/m0/s1. The molecule has 3 aromatic rings. The lowest BCUT2D eigenvalue weighted by Crippen LogP contribution is -2.41. The van der Waals surface area contributed by atoms with Crippen molar-refractivity contribution in [3.05, 3.63) is 114 Å². The molecular weight excluding hydrogens is 394 g/mol. The molecule has 0 heterocycles. The van der Waals surface area contributed by atoms with E-state index in [9.17, 15) is 13.5 Å². The molecule has 0 bridgehead atoms. The third-order valence-electron chi connectivity index (χ3n) is 5.08. The minimum absolute atomic E-state index is 0.0829. The fourth-order valence-corrected chi connectivity index (χ4v) is 4.59. The van der Waals surface area contributed by atoms with Gasteiger partial charge in [0.25, 0.3) is 0 Å². The average Bonchev–Trinajstić information content (AvgIpc) is 2.79. The number of hydrogen-bond donors (Lipinski definition) is 1. The van der Waals surface area contributed by atoms with E-state index in [1.807, 2.05) is 65.6 Å². The zero-order chi connectivity index (χ0) is 21.4. The number of benzene rings is 3. The number of aliphatic hydroxyl groups excluding tert-OH is 1. The molecule has 0 amide bonds. The lowest BCUT2D eigenvalue weighted by atomic mass is 10.0. The number of sulfone groups is 1. The second kappa shape index (κ2) is 10.3. The molecule has 3 aromatic carbocycles. The molecule has 0 spiro atoms. The molecule has 5 heteroatoms. The van der Waals surface area contributed by atoms with Crippen LogP contribution in [0.25, 0.3) is 0 Å². The van der Waals surface area contributed by atoms with E-state index in [2.05, 4.69) is 6.58 Å². The molecule has 0 unspecified atom stereocenters. The van der Waals surface area contributed by atoms with Gasteiger partial charge in [-0.2, -0.15) is 0 Å². The molecule has 1 N–H and O–H groups in total. The largest absolute Gasteiger partial charge is 0.395 e. The minimum Gasteiger partial charge on any atom is -0.395 e. The molecule has 0 fully saturated rings. The second-order valence-corrected chi connectivity index (χ2v) is 9.33. The molecule has 0 aliphatic heterocycles. The predicted molar refractivity (Wildman–Crippen MR) is 121 cm³/mol. The van der Waals surface area contributed by atoms with Crippen LogP contribution in [0.4, 0.5) is 0 Å². The Morgan fingerprint density at radius 3 is 1.87 bits per heavy atom. The fraction of sp³-hybridized carbons (Fsp3) is 0.200. The first-order valence-electron chi connectivity index (χ1n) is 9.91. The van der Waals surface area contributed by atoms with Crippen molar-refractivity contribution in [3.8, 4) is 0 Å². The maximum atomic E-state index is 13.0. The van der Waals surface area contributed by atoms with Gasteiger partial charge in [-0.25, -0.2) is 8.42 Å². The van der Waals surface area contributed by atoms with Crippen molar-refractivity contribution in [1.29, 1.82) is 0 Å². The molecule has 0 radical (unpaired) electrons. The van der Waals surface area contributed by atoms with Gasteiger partial charge in [0.05, 0.1) is 16.4 Å². The van der Waals surface area contributed by atoms with Crippen LogP contribution in [-0.2, 0) is 22.8 Å². The molecule has 0 aromatic heterocycles. The monoisotopic (exact) mass is 421 g/mol. The molecule has 0 saturated heterocycles. The van der Waals surface area contributed by atoms with Crippen molar-refractivity contribution in [1.82, 2.24) is 4.90 Å². The maximum absolute atomic E-state index is 13.0. The summed E-state index contributed by atoms with van der Waals surface area (Å²) in [6.07, 6.45) is 0.614. The van der Waals surface area contributed by atoms with Crippen LogP contribution in [0.5, 0.6) is 0 Å². The lowest BCUT2D eigenvalue weighted by molar-refractivity contribution is 0.126. The lowest BCUT2D eigenvalue weighted by Gasteiger charge is -2.31. The Labute approximate surface area is 179 Å². The van der Waals surface area contributed by atoms with Crippen LogP contribution >= 0.6 is 0 Å². The van der Waals surface area contributed by atoms with E-state index >= 15 is 0 Å². The quantitative estimate of drug-likeness (QED) is 0.536. The zero-order valence-corrected chi connectivity index (χ0v) is 17.7. The van der Waals surface area contributed by atoms with E-state index in [1.165, 1.54) is 0 Å². The summed E-state index contributed by atoms with van der Waals surface area (Å²) in [6.45, 7) is 4.47. The summed E-state index contributed by atoms with van der Waals surface area (Å²) < 4.78 is 26.0. The first-order valence-corrected chi connectivity index (χ1v) is 11.4. The molecule has 156 valence electrons. The van der Waals surface area contributed by atoms with Gasteiger partial charge in [0.1, 0.15) is 0 Å². The zero-order valence-electron chi connectivity index (χ0n) is 16.9. The van der Waals surface area contributed by atoms with Crippen molar-refractivity contribution in [3.63, 3.8) is 0 Å². The van der Waals surface area contributed by atoms with Crippen LogP contribution in [0.3, 0.4) is 0 Å². The third-order valence-corrected chi connectivity index (χ3v) is 6.86. The van der Waals surface area contributed by atoms with Crippen molar-refractivity contribution in [2.45, 2.75) is 23.9 Å². The maximum Gasteiger partial charge on any atom is 0.203 e. The molecule has 0 aliphatic rings. The Morgan fingerprint density at radius 2 is 1.33 bits per heavy atom. The first-order chi connectivity index (χ1) is 14.5. The summed E-state index contributed by atoms with van der Waals surface area (Å²) in [5.41, 5.74) is 2.14. The van der Waals surface area contributed by atoms with E-state index in [0.717, 1.165) is 11.1 Å². The van der Waals surface area contributed by atoms with Crippen LogP contribution in [0.15, 0.2) is 107 Å². The van der Waals surface area contributed by atoms with Gasteiger partial charge in [0.2, 0.25) is 9.84 Å². The van der Waals surface area contributed by atoms with Crippen molar-refractivity contribution >= 4 is 9.84 Å². The number of aliphatic hydroxyl groups is 1. The summed E-state index contributed by atoms with van der Waals surface area (Å²) in [5, 5.41) is 10.1. The highest BCUT2D eigenvalue weighted by Crippen LogP contribution is 2.21. The van der Waals surface area contributed by atoms with Gasteiger partial charge in [0, 0.05) is 19.1 Å². The van der Waals surface area contributed by atoms with E-state index in [-0.39, 0.29) is 29.0 Å². The Kier molecular flexibility index (Phi) is 7.57. The molecule has 30 heavy (non-hydrogen) atoms. The van der Waals surface area contributed by atoms with Crippen LogP contribution in [0.2, 0.25) is 0 Å². The minimum atomic E-state index is -3.66. The third kappa shape index (κ3) is 5.66. The highest BCUT2D eigenvalue weighted by molar-refractivity contribution is 7.95. The predicted octanol–water partition coefficient (Wildman–Crippen LogP) is 4.08. The number of nitrogens with zero attached hydrogens (tertiary/aromatic N) is 1. The van der Waals surface area contributed by atoms with E-state index in [1.54, 1.807) is 30.3 Å². The van der Waals surface area contributed by atoms with Gasteiger partial charge in [-0.1, -0.05) is 85.4 Å². The van der Waals surface area contributed by atoms with E-state index in [0.29, 0.717) is 13.0 Å². The Bertz CT molecular complexity index is 1040. The highest BCUT2D eigenvalue weighted by atomic mass is 32.2.